The molecule has 5 heteroatoms. The molecule has 1 atom stereocenters. The van der Waals surface area contributed by atoms with E-state index in [0.29, 0.717) is 12.1 Å². The number of primary amides is 1. The Morgan fingerprint density at radius 1 is 1.29 bits per heavy atom. The van der Waals surface area contributed by atoms with Crippen molar-refractivity contribution in [2.24, 2.45) is 5.73 Å². The zero-order valence-corrected chi connectivity index (χ0v) is 9.99. The highest BCUT2D eigenvalue weighted by Gasteiger charge is 2.09. The van der Waals surface area contributed by atoms with Gasteiger partial charge in [-0.3, -0.25) is 9.59 Å². The SMILES string of the molecule is CNC(=O)C(C)NCc1ccc(C(N)=O)cc1. The normalized spacial score (nSPS) is 11.9. The molecule has 5 nitrogen and oxygen atoms in total. The number of carbonyl (C=O) groups excluding carboxylic acids is 2. The van der Waals surface area contributed by atoms with E-state index in [4.69, 9.17) is 5.73 Å². The van der Waals surface area contributed by atoms with Gasteiger partial charge in [0.1, 0.15) is 0 Å². The van der Waals surface area contributed by atoms with Gasteiger partial charge in [-0.15, -0.1) is 0 Å². The number of hydrogen-bond acceptors (Lipinski definition) is 3. The number of likely N-dealkylation sites (N-methyl/N-ethyl adjacent to an activating group) is 1. The molecule has 1 rings (SSSR count). The lowest BCUT2D eigenvalue weighted by Gasteiger charge is -2.12. The van der Waals surface area contributed by atoms with Crippen molar-refractivity contribution in [1.82, 2.24) is 10.6 Å². The third-order valence-corrected chi connectivity index (χ3v) is 2.49. The van der Waals surface area contributed by atoms with E-state index in [0.717, 1.165) is 5.56 Å². The minimum Gasteiger partial charge on any atom is -0.366 e. The van der Waals surface area contributed by atoms with Crippen molar-refractivity contribution in [2.45, 2.75) is 19.5 Å². The lowest BCUT2D eigenvalue weighted by molar-refractivity contribution is -0.122. The molecule has 0 radical (unpaired) electrons. The second kappa shape index (κ2) is 6.00. The van der Waals surface area contributed by atoms with Crippen LogP contribution < -0.4 is 16.4 Å². The molecule has 17 heavy (non-hydrogen) atoms. The fourth-order valence-electron chi connectivity index (χ4n) is 1.37. The summed E-state index contributed by atoms with van der Waals surface area (Å²) in [7, 11) is 1.60. The highest BCUT2D eigenvalue weighted by atomic mass is 16.2. The van der Waals surface area contributed by atoms with Crippen LogP contribution in [0.5, 0.6) is 0 Å². The zero-order valence-electron chi connectivity index (χ0n) is 9.99. The van der Waals surface area contributed by atoms with Crippen LogP contribution in [0.2, 0.25) is 0 Å². The predicted octanol–water partition coefficient (Wildman–Crippen LogP) is 0.00960. The molecule has 92 valence electrons. The van der Waals surface area contributed by atoms with Gasteiger partial charge >= 0.3 is 0 Å². The number of amides is 2. The summed E-state index contributed by atoms with van der Waals surface area (Å²) >= 11 is 0. The molecule has 1 aromatic rings. The van der Waals surface area contributed by atoms with Crippen LogP contribution in [0.15, 0.2) is 24.3 Å². The van der Waals surface area contributed by atoms with E-state index in [9.17, 15) is 9.59 Å². The van der Waals surface area contributed by atoms with Crippen LogP contribution in [-0.4, -0.2) is 24.9 Å². The molecule has 0 bridgehead atoms. The third-order valence-electron chi connectivity index (χ3n) is 2.49. The quantitative estimate of drug-likeness (QED) is 0.672. The van der Waals surface area contributed by atoms with Crippen LogP contribution in [0.1, 0.15) is 22.8 Å². The third kappa shape index (κ3) is 3.88. The number of nitrogens with one attached hydrogen (secondary N) is 2. The van der Waals surface area contributed by atoms with Gasteiger partial charge in [-0.05, 0) is 24.6 Å². The smallest absolute Gasteiger partial charge is 0.248 e. The van der Waals surface area contributed by atoms with Crippen molar-refractivity contribution in [1.29, 1.82) is 0 Å². The molecule has 4 N–H and O–H groups in total. The summed E-state index contributed by atoms with van der Waals surface area (Å²) < 4.78 is 0. The Morgan fingerprint density at radius 2 is 1.88 bits per heavy atom. The molecule has 0 heterocycles. The number of carbonyl (C=O) groups is 2. The van der Waals surface area contributed by atoms with E-state index in [-0.39, 0.29) is 11.9 Å². The predicted molar refractivity (Wildman–Crippen MR) is 65.3 cm³/mol. The van der Waals surface area contributed by atoms with E-state index in [1.807, 2.05) is 12.1 Å². The lowest BCUT2D eigenvalue weighted by atomic mass is 10.1. The summed E-state index contributed by atoms with van der Waals surface area (Å²) in [6.45, 7) is 2.35. The molecule has 1 unspecified atom stereocenters. The van der Waals surface area contributed by atoms with Crippen LogP contribution in [0.25, 0.3) is 0 Å². The summed E-state index contributed by atoms with van der Waals surface area (Å²) in [5.41, 5.74) is 6.61. The minimum absolute atomic E-state index is 0.0567. The summed E-state index contributed by atoms with van der Waals surface area (Å²) in [5, 5.41) is 5.63. The number of rotatable bonds is 5. The first-order chi connectivity index (χ1) is 8.04. The zero-order chi connectivity index (χ0) is 12.8. The van der Waals surface area contributed by atoms with Crippen molar-refractivity contribution >= 4 is 11.8 Å². The Morgan fingerprint density at radius 3 is 2.35 bits per heavy atom. The average Bonchev–Trinajstić information content (AvgIpc) is 2.35. The van der Waals surface area contributed by atoms with Crippen LogP contribution in [0, 0.1) is 0 Å². The average molecular weight is 235 g/mol. The fourth-order valence-corrected chi connectivity index (χ4v) is 1.37. The number of nitrogens with two attached hydrogens (primary N) is 1. The van der Waals surface area contributed by atoms with Crippen LogP contribution in [-0.2, 0) is 11.3 Å². The molecule has 2 amide bonds. The minimum atomic E-state index is -0.441. The highest BCUT2D eigenvalue weighted by Crippen LogP contribution is 2.03. The van der Waals surface area contributed by atoms with Gasteiger partial charge in [0.2, 0.25) is 11.8 Å². The van der Waals surface area contributed by atoms with E-state index in [1.165, 1.54) is 0 Å². The Hall–Kier alpha value is -1.88. The van der Waals surface area contributed by atoms with Gasteiger partial charge < -0.3 is 16.4 Å². The monoisotopic (exact) mass is 235 g/mol. The molecule has 0 spiro atoms. The summed E-state index contributed by atoms with van der Waals surface area (Å²) in [4.78, 5) is 22.1. The van der Waals surface area contributed by atoms with Crippen molar-refractivity contribution in [3.05, 3.63) is 35.4 Å². The van der Waals surface area contributed by atoms with Gasteiger partial charge in [0.25, 0.3) is 0 Å². The van der Waals surface area contributed by atoms with Gasteiger partial charge in [0, 0.05) is 19.2 Å². The van der Waals surface area contributed by atoms with Crippen molar-refractivity contribution < 1.29 is 9.59 Å². The summed E-state index contributed by atoms with van der Waals surface area (Å²) in [5.74, 6) is -0.498. The standard InChI is InChI=1S/C12H17N3O2/c1-8(12(17)14-2)15-7-9-3-5-10(6-4-9)11(13)16/h3-6,8,15H,7H2,1-2H3,(H2,13,16)(H,14,17). The summed E-state index contributed by atoms with van der Waals surface area (Å²) in [6, 6.07) is 6.71. The molecule has 0 saturated heterocycles. The van der Waals surface area contributed by atoms with E-state index >= 15 is 0 Å². The highest BCUT2D eigenvalue weighted by molar-refractivity contribution is 5.92. The molecule has 0 fully saturated rings. The van der Waals surface area contributed by atoms with Crippen molar-refractivity contribution in [3.63, 3.8) is 0 Å². The van der Waals surface area contributed by atoms with Crippen molar-refractivity contribution in [3.8, 4) is 0 Å². The Kier molecular flexibility index (Phi) is 4.66. The van der Waals surface area contributed by atoms with E-state index in [1.54, 1.807) is 26.1 Å². The first-order valence-electron chi connectivity index (χ1n) is 5.38. The second-order valence-corrected chi connectivity index (χ2v) is 3.78. The lowest BCUT2D eigenvalue weighted by Crippen LogP contribution is -2.40. The van der Waals surface area contributed by atoms with Gasteiger partial charge in [-0.2, -0.15) is 0 Å². The fraction of sp³-hybridized carbons (Fsp3) is 0.333. The van der Waals surface area contributed by atoms with Gasteiger partial charge in [-0.25, -0.2) is 0 Å². The molecular formula is C12H17N3O2. The van der Waals surface area contributed by atoms with Gasteiger partial charge in [0.15, 0.2) is 0 Å². The molecule has 0 aliphatic carbocycles. The second-order valence-electron chi connectivity index (χ2n) is 3.78. The first-order valence-corrected chi connectivity index (χ1v) is 5.38. The van der Waals surface area contributed by atoms with E-state index in [2.05, 4.69) is 10.6 Å². The Bertz CT molecular complexity index is 401. The molecule has 0 saturated carbocycles. The number of hydrogen-bond donors (Lipinski definition) is 3. The Balaban J connectivity index is 2.53. The van der Waals surface area contributed by atoms with Crippen LogP contribution in [0.4, 0.5) is 0 Å². The van der Waals surface area contributed by atoms with E-state index < -0.39 is 5.91 Å². The maximum absolute atomic E-state index is 11.2. The number of benzene rings is 1. The molecule has 1 aromatic carbocycles. The van der Waals surface area contributed by atoms with Gasteiger partial charge in [0.05, 0.1) is 6.04 Å². The topological polar surface area (TPSA) is 84.2 Å². The van der Waals surface area contributed by atoms with Crippen molar-refractivity contribution in [2.75, 3.05) is 7.05 Å². The molecule has 0 aromatic heterocycles. The van der Waals surface area contributed by atoms with Crippen LogP contribution in [0.3, 0.4) is 0 Å². The molecular weight excluding hydrogens is 218 g/mol. The first kappa shape index (κ1) is 13.2. The summed E-state index contributed by atoms with van der Waals surface area (Å²) in [6.07, 6.45) is 0. The largest absolute Gasteiger partial charge is 0.366 e. The Labute approximate surface area is 100 Å². The maximum atomic E-state index is 11.2. The molecule has 0 aliphatic rings. The van der Waals surface area contributed by atoms with Gasteiger partial charge in [-0.1, -0.05) is 12.1 Å². The maximum Gasteiger partial charge on any atom is 0.248 e. The van der Waals surface area contributed by atoms with Crippen LogP contribution >= 0.6 is 0 Å². The molecule has 0 aliphatic heterocycles.